The largest absolute Gasteiger partial charge is 0.482 e. The average Bonchev–Trinajstić information content (AvgIpc) is 2.71. The number of hydrazine groups is 1. The summed E-state index contributed by atoms with van der Waals surface area (Å²) in [4.78, 5) is 34.0. The van der Waals surface area contributed by atoms with Crippen LogP contribution in [0, 0.1) is 11.6 Å². The molecule has 24 heavy (non-hydrogen) atoms. The molecule has 1 heterocycles. The lowest BCUT2D eigenvalue weighted by Crippen LogP contribution is -2.46. The fourth-order valence-corrected chi connectivity index (χ4v) is 1.85. The fraction of sp³-hybridized carbons (Fsp3) is 0.357. The van der Waals surface area contributed by atoms with Crippen molar-refractivity contribution in [1.82, 2.24) is 15.8 Å². The maximum atomic E-state index is 14.0. The minimum Gasteiger partial charge on any atom is -0.482 e. The zero-order valence-electron chi connectivity index (χ0n) is 13.2. The number of hydrogen-bond acceptors (Lipinski definition) is 4. The highest BCUT2D eigenvalue weighted by Crippen LogP contribution is 2.28. The molecular weight excluding hydrogens is 326 g/mol. The highest BCUT2D eigenvalue weighted by atomic mass is 19.1. The summed E-state index contributed by atoms with van der Waals surface area (Å²) in [5, 5.41) is 4.83. The molecule has 8 nitrogen and oxygen atoms in total. The molecule has 130 valence electrons. The van der Waals surface area contributed by atoms with E-state index in [1.807, 2.05) is 5.32 Å². The molecule has 1 aliphatic heterocycles. The minimum atomic E-state index is -0.991. The van der Waals surface area contributed by atoms with Gasteiger partial charge in [0.25, 0.3) is 0 Å². The number of rotatable bonds is 3. The van der Waals surface area contributed by atoms with Crippen molar-refractivity contribution in [3.63, 3.8) is 0 Å². The number of hydrogen-bond donors (Lipinski definition) is 3. The monoisotopic (exact) mass is 342 g/mol. The van der Waals surface area contributed by atoms with Crippen molar-refractivity contribution < 1.29 is 27.9 Å². The number of benzene rings is 1. The van der Waals surface area contributed by atoms with Crippen LogP contribution >= 0.6 is 0 Å². The first-order chi connectivity index (χ1) is 11.0. The summed E-state index contributed by atoms with van der Waals surface area (Å²) in [5.41, 5.74) is 1.09. The molecule has 0 spiro atoms. The number of halogens is 2. The molecule has 1 aromatic carbocycles. The highest BCUT2D eigenvalue weighted by Gasteiger charge is 2.28. The van der Waals surface area contributed by atoms with Gasteiger partial charge in [0.15, 0.2) is 17.4 Å². The third-order valence-corrected chi connectivity index (χ3v) is 2.69. The van der Waals surface area contributed by atoms with Crippen molar-refractivity contribution >= 4 is 23.7 Å². The number of nitrogens with one attached hydrogen (secondary N) is 3. The molecule has 10 heteroatoms. The summed E-state index contributed by atoms with van der Waals surface area (Å²) < 4.78 is 33.1. The summed E-state index contributed by atoms with van der Waals surface area (Å²) in [6.07, 6.45) is 0. The van der Waals surface area contributed by atoms with Crippen LogP contribution in [0.15, 0.2) is 12.1 Å². The van der Waals surface area contributed by atoms with Crippen LogP contribution in [0.1, 0.15) is 20.8 Å². The van der Waals surface area contributed by atoms with Crippen molar-refractivity contribution in [2.75, 3.05) is 11.9 Å². The van der Waals surface area contributed by atoms with E-state index in [2.05, 4.69) is 10.7 Å². The summed E-state index contributed by atoms with van der Waals surface area (Å²) in [7, 11) is 0. The summed E-state index contributed by atoms with van der Waals surface area (Å²) in [6, 6.07) is 0.00213. The first-order valence-corrected chi connectivity index (χ1v) is 6.92. The van der Waals surface area contributed by atoms with Gasteiger partial charge in [-0.25, -0.2) is 28.8 Å². The van der Waals surface area contributed by atoms with Crippen LogP contribution in [0.5, 0.6) is 5.75 Å². The molecule has 1 saturated heterocycles. The summed E-state index contributed by atoms with van der Waals surface area (Å²) in [5.74, 6) is -3.12. The number of carbonyl (C=O) groups is 3. The molecule has 1 fully saturated rings. The Morgan fingerprint density at radius 1 is 1.25 bits per heavy atom. The van der Waals surface area contributed by atoms with Gasteiger partial charge in [0.1, 0.15) is 12.1 Å². The molecule has 2 rings (SSSR count). The Kier molecular flexibility index (Phi) is 4.58. The standard InChI is InChI=1S/C14H16F2N4O4/c1-14(2,3)24-11-8(15)4-7(5-9(11)16)17-12(22)19-20-6-10(21)18-13(20)23/h4-5H,6H2,1-3H3,(H2,17,19,22)(H,18,21,23). The predicted molar refractivity (Wildman–Crippen MR) is 79.1 cm³/mol. The van der Waals surface area contributed by atoms with Crippen molar-refractivity contribution in [3.8, 4) is 5.75 Å². The Hall–Kier alpha value is -2.91. The Morgan fingerprint density at radius 2 is 1.83 bits per heavy atom. The topological polar surface area (TPSA) is 99.8 Å². The number of urea groups is 2. The van der Waals surface area contributed by atoms with Gasteiger partial charge >= 0.3 is 12.1 Å². The highest BCUT2D eigenvalue weighted by molar-refractivity contribution is 6.03. The molecule has 1 aromatic rings. The van der Waals surface area contributed by atoms with Gasteiger partial charge < -0.3 is 10.1 Å². The van der Waals surface area contributed by atoms with Gasteiger partial charge in [-0.1, -0.05) is 0 Å². The van der Waals surface area contributed by atoms with E-state index in [0.717, 1.165) is 17.1 Å². The van der Waals surface area contributed by atoms with E-state index < -0.39 is 41.0 Å². The van der Waals surface area contributed by atoms with E-state index in [1.54, 1.807) is 20.8 Å². The lowest BCUT2D eigenvalue weighted by atomic mass is 10.2. The quantitative estimate of drug-likeness (QED) is 0.729. The van der Waals surface area contributed by atoms with E-state index in [1.165, 1.54) is 0 Å². The van der Waals surface area contributed by atoms with Gasteiger partial charge in [-0.2, -0.15) is 0 Å². The zero-order valence-corrected chi connectivity index (χ0v) is 13.2. The van der Waals surface area contributed by atoms with E-state index in [0.29, 0.717) is 0 Å². The van der Waals surface area contributed by atoms with Crippen molar-refractivity contribution in [1.29, 1.82) is 0 Å². The second-order valence-electron chi connectivity index (χ2n) is 5.99. The van der Waals surface area contributed by atoms with Crippen LogP contribution in [0.2, 0.25) is 0 Å². The maximum absolute atomic E-state index is 14.0. The first-order valence-electron chi connectivity index (χ1n) is 6.92. The Morgan fingerprint density at radius 3 is 2.29 bits per heavy atom. The number of anilines is 1. The van der Waals surface area contributed by atoms with Crippen LogP contribution in [0.3, 0.4) is 0 Å². The number of amides is 5. The lowest BCUT2D eigenvalue weighted by molar-refractivity contribution is -0.118. The Labute approximate surface area is 136 Å². The molecule has 0 bridgehead atoms. The van der Waals surface area contributed by atoms with Crippen molar-refractivity contribution in [3.05, 3.63) is 23.8 Å². The zero-order chi connectivity index (χ0) is 18.1. The molecule has 3 N–H and O–H groups in total. The van der Waals surface area contributed by atoms with Crippen LogP contribution < -0.4 is 20.8 Å². The van der Waals surface area contributed by atoms with Crippen LogP contribution in [0.4, 0.5) is 24.1 Å². The Balaban J connectivity index is 2.06. The molecule has 0 radical (unpaired) electrons. The average molecular weight is 342 g/mol. The molecule has 0 atom stereocenters. The second-order valence-corrected chi connectivity index (χ2v) is 5.99. The Bertz CT molecular complexity index is 680. The smallest absolute Gasteiger partial charge is 0.343 e. The number of carbonyl (C=O) groups excluding carboxylic acids is 3. The van der Waals surface area contributed by atoms with Crippen molar-refractivity contribution in [2.45, 2.75) is 26.4 Å². The van der Waals surface area contributed by atoms with Gasteiger partial charge in [0, 0.05) is 17.8 Å². The normalized spacial score (nSPS) is 14.5. The fourth-order valence-electron chi connectivity index (χ4n) is 1.85. The number of ether oxygens (including phenoxy) is 1. The van der Waals surface area contributed by atoms with E-state index >= 15 is 0 Å². The van der Waals surface area contributed by atoms with Crippen molar-refractivity contribution in [2.24, 2.45) is 0 Å². The van der Waals surface area contributed by atoms with E-state index in [4.69, 9.17) is 4.74 Å². The second kappa shape index (κ2) is 6.30. The number of imide groups is 1. The van der Waals surface area contributed by atoms with Gasteiger partial charge in [0.05, 0.1) is 0 Å². The third-order valence-electron chi connectivity index (χ3n) is 2.69. The number of nitrogens with zero attached hydrogens (tertiary/aromatic N) is 1. The molecule has 1 aliphatic rings. The van der Waals surface area contributed by atoms with Gasteiger partial charge in [-0.15, -0.1) is 0 Å². The predicted octanol–water partition coefficient (Wildman–Crippen LogP) is 1.73. The maximum Gasteiger partial charge on any atom is 0.343 e. The summed E-state index contributed by atoms with van der Waals surface area (Å²) in [6.45, 7) is 4.54. The summed E-state index contributed by atoms with van der Waals surface area (Å²) >= 11 is 0. The molecule has 0 unspecified atom stereocenters. The molecular formula is C14H16F2N4O4. The van der Waals surface area contributed by atoms with Crippen LogP contribution in [-0.4, -0.2) is 35.1 Å². The first kappa shape index (κ1) is 17.4. The van der Waals surface area contributed by atoms with Gasteiger partial charge in [-0.05, 0) is 20.8 Å². The SMILES string of the molecule is CC(C)(C)Oc1c(F)cc(NC(=O)NN2CC(=O)NC2=O)cc1F. The molecule has 0 aromatic heterocycles. The molecule has 0 aliphatic carbocycles. The minimum absolute atomic E-state index is 0.185. The lowest BCUT2D eigenvalue weighted by Gasteiger charge is -2.22. The van der Waals surface area contributed by atoms with Gasteiger partial charge in [-0.3, -0.25) is 10.1 Å². The molecule has 0 saturated carbocycles. The third kappa shape index (κ3) is 4.31. The van der Waals surface area contributed by atoms with E-state index in [-0.39, 0.29) is 12.2 Å². The van der Waals surface area contributed by atoms with Gasteiger partial charge in [0.2, 0.25) is 5.91 Å². The van der Waals surface area contributed by atoms with Crippen LogP contribution in [0.25, 0.3) is 0 Å². The van der Waals surface area contributed by atoms with Crippen LogP contribution in [-0.2, 0) is 4.79 Å². The molecule has 5 amide bonds. The van der Waals surface area contributed by atoms with E-state index in [9.17, 15) is 23.2 Å².